The standard InChI is InChI=1S/C13H12N2O/c16-9-1-2-11-3-5-12(6-4-11)13-10-14-7-8-15-13/h3-10H,1-2H2. The fourth-order valence-electron chi connectivity index (χ4n) is 1.52. The second-order valence-corrected chi connectivity index (χ2v) is 3.49. The van der Waals surface area contributed by atoms with Crippen LogP contribution in [0.5, 0.6) is 0 Å². The lowest BCUT2D eigenvalue weighted by molar-refractivity contribution is -0.107. The Morgan fingerprint density at radius 3 is 2.56 bits per heavy atom. The molecule has 2 rings (SSSR count). The Hall–Kier alpha value is -2.03. The molecule has 0 N–H and O–H groups in total. The van der Waals surface area contributed by atoms with Crippen LogP contribution in [0.2, 0.25) is 0 Å². The molecule has 0 amide bonds. The van der Waals surface area contributed by atoms with E-state index in [0.717, 1.165) is 24.0 Å². The van der Waals surface area contributed by atoms with Crippen molar-refractivity contribution in [1.29, 1.82) is 0 Å². The topological polar surface area (TPSA) is 42.9 Å². The minimum Gasteiger partial charge on any atom is -0.303 e. The van der Waals surface area contributed by atoms with E-state index in [4.69, 9.17) is 0 Å². The third-order valence-electron chi connectivity index (χ3n) is 2.36. The van der Waals surface area contributed by atoms with Crippen molar-refractivity contribution in [3.8, 4) is 11.3 Å². The zero-order valence-corrected chi connectivity index (χ0v) is 8.84. The molecule has 80 valence electrons. The summed E-state index contributed by atoms with van der Waals surface area (Å²) < 4.78 is 0. The predicted molar refractivity (Wildman–Crippen MR) is 61.9 cm³/mol. The number of carbonyl (C=O) groups excluding carboxylic acids is 1. The highest BCUT2D eigenvalue weighted by molar-refractivity contribution is 5.58. The van der Waals surface area contributed by atoms with Crippen LogP contribution in [-0.4, -0.2) is 16.3 Å². The summed E-state index contributed by atoms with van der Waals surface area (Å²) in [5, 5.41) is 0. The van der Waals surface area contributed by atoms with Crippen molar-refractivity contribution >= 4 is 6.29 Å². The van der Waals surface area contributed by atoms with Crippen molar-refractivity contribution in [1.82, 2.24) is 9.97 Å². The van der Waals surface area contributed by atoms with Gasteiger partial charge >= 0.3 is 0 Å². The summed E-state index contributed by atoms with van der Waals surface area (Å²) in [6.07, 6.45) is 7.38. The van der Waals surface area contributed by atoms with Gasteiger partial charge in [-0.3, -0.25) is 9.97 Å². The minimum absolute atomic E-state index is 0.574. The molecule has 0 unspecified atom stereocenters. The molecule has 3 nitrogen and oxygen atoms in total. The Balaban J connectivity index is 2.16. The Bertz CT molecular complexity index is 451. The van der Waals surface area contributed by atoms with Gasteiger partial charge in [0.1, 0.15) is 6.29 Å². The van der Waals surface area contributed by atoms with Crippen LogP contribution in [0.4, 0.5) is 0 Å². The van der Waals surface area contributed by atoms with Crippen LogP contribution in [0.25, 0.3) is 11.3 Å². The molecule has 3 heteroatoms. The van der Waals surface area contributed by atoms with Gasteiger partial charge in [0.2, 0.25) is 0 Å². The number of aromatic nitrogens is 2. The maximum atomic E-state index is 10.2. The number of rotatable bonds is 4. The molecule has 0 bridgehead atoms. The van der Waals surface area contributed by atoms with E-state index in [0.29, 0.717) is 6.42 Å². The van der Waals surface area contributed by atoms with Gasteiger partial charge in [-0.05, 0) is 12.0 Å². The summed E-state index contributed by atoms with van der Waals surface area (Å²) in [7, 11) is 0. The number of aryl methyl sites for hydroxylation is 1. The number of carbonyl (C=O) groups is 1. The molecule has 0 radical (unpaired) electrons. The number of benzene rings is 1. The van der Waals surface area contributed by atoms with Crippen molar-refractivity contribution < 1.29 is 4.79 Å². The molecule has 0 aliphatic carbocycles. The number of hydrogen-bond acceptors (Lipinski definition) is 3. The van der Waals surface area contributed by atoms with Crippen LogP contribution in [0, 0.1) is 0 Å². The van der Waals surface area contributed by atoms with Gasteiger partial charge in [-0.25, -0.2) is 0 Å². The van der Waals surface area contributed by atoms with Crippen molar-refractivity contribution in [2.45, 2.75) is 12.8 Å². The highest BCUT2D eigenvalue weighted by Gasteiger charge is 1.98. The van der Waals surface area contributed by atoms with Crippen molar-refractivity contribution in [2.24, 2.45) is 0 Å². The minimum atomic E-state index is 0.574. The molecule has 1 heterocycles. The Labute approximate surface area is 94.2 Å². The number of nitrogens with zero attached hydrogens (tertiary/aromatic N) is 2. The summed E-state index contributed by atoms with van der Waals surface area (Å²) in [5.41, 5.74) is 3.08. The molecular weight excluding hydrogens is 200 g/mol. The van der Waals surface area contributed by atoms with Gasteiger partial charge < -0.3 is 4.79 Å². The Morgan fingerprint density at radius 1 is 1.12 bits per heavy atom. The predicted octanol–water partition coefficient (Wildman–Crippen LogP) is 2.28. The quantitative estimate of drug-likeness (QED) is 0.730. The smallest absolute Gasteiger partial charge is 0.120 e. The molecule has 2 aromatic rings. The highest BCUT2D eigenvalue weighted by Crippen LogP contribution is 2.16. The maximum Gasteiger partial charge on any atom is 0.120 e. The second kappa shape index (κ2) is 5.16. The molecule has 16 heavy (non-hydrogen) atoms. The average Bonchev–Trinajstić information content (AvgIpc) is 2.38. The van der Waals surface area contributed by atoms with Gasteiger partial charge in [-0.1, -0.05) is 24.3 Å². The molecule has 0 aliphatic rings. The molecule has 0 atom stereocenters. The third-order valence-corrected chi connectivity index (χ3v) is 2.36. The van der Waals surface area contributed by atoms with E-state index in [1.165, 1.54) is 5.56 Å². The van der Waals surface area contributed by atoms with Gasteiger partial charge in [-0.2, -0.15) is 0 Å². The monoisotopic (exact) mass is 212 g/mol. The first kappa shape index (κ1) is 10.5. The van der Waals surface area contributed by atoms with Crippen LogP contribution >= 0.6 is 0 Å². The second-order valence-electron chi connectivity index (χ2n) is 3.49. The lowest BCUT2D eigenvalue weighted by Gasteiger charge is -2.01. The first-order chi connectivity index (χ1) is 7.90. The van der Waals surface area contributed by atoms with Crippen molar-refractivity contribution in [3.05, 3.63) is 48.4 Å². The van der Waals surface area contributed by atoms with Crippen LogP contribution in [0.15, 0.2) is 42.9 Å². The van der Waals surface area contributed by atoms with Crippen LogP contribution in [0.3, 0.4) is 0 Å². The molecule has 0 saturated heterocycles. The van der Waals surface area contributed by atoms with E-state index in [-0.39, 0.29) is 0 Å². The van der Waals surface area contributed by atoms with E-state index < -0.39 is 0 Å². The molecule has 0 aliphatic heterocycles. The molecule has 0 saturated carbocycles. The number of aldehydes is 1. The average molecular weight is 212 g/mol. The van der Waals surface area contributed by atoms with Gasteiger partial charge in [0.05, 0.1) is 11.9 Å². The van der Waals surface area contributed by atoms with Gasteiger partial charge in [0, 0.05) is 24.4 Å². The normalized spacial score (nSPS) is 10.0. The van der Waals surface area contributed by atoms with Crippen molar-refractivity contribution in [2.75, 3.05) is 0 Å². The van der Waals surface area contributed by atoms with E-state index in [1.54, 1.807) is 18.6 Å². The van der Waals surface area contributed by atoms with Crippen LogP contribution < -0.4 is 0 Å². The summed E-state index contributed by atoms with van der Waals surface area (Å²) in [6.45, 7) is 0. The van der Waals surface area contributed by atoms with E-state index >= 15 is 0 Å². The Morgan fingerprint density at radius 2 is 1.94 bits per heavy atom. The van der Waals surface area contributed by atoms with Crippen molar-refractivity contribution in [3.63, 3.8) is 0 Å². The fourth-order valence-corrected chi connectivity index (χ4v) is 1.52. The summed E-state index contributed by atoms with van der Waals surface area (Å²) in [4.78, 5) is 18.5. The van der Waals surface area contributed by atoms with E-state index in [2.05, 4.69) is 9.97 Å². The molecular formula is C13H12N2O. The molecule has 0 spiro atoms. The zero-order chi connectivity index (χ0) is 11.2. The first-order valence-corrected chi connectivity index (χ1v) is 5.19. The van der Waals surface area contributed by atoms with Gasteiger partial charge in [-0.15, -0.1) is 0 Å². The van der Waals surface area contributed by atoms with Gasteiger partial charge in [0.15, 0.2) is 0 Å². The molecule has 1 aromatic carbocycles. The summed E-state index contributed by atoms with van der Waals surface area (Å²) in [6, 6.07) is 8.05. The fraction of sp³-hybridized carbons (Fsp3) is 0.154. The molecule has 0 fully saturated rings. The largest absolute Gasteiger partial charge is 0.303 e. The lowest BCUT2D eigenvalue weighted by Crippen LogP contribution is -1.88. The summed E-state index contributed by atoms with van der Waals surface area (Å²) in [5.74, 6) is 0. The lowest BCUT2D eigenvalue weighted by atomic mass is 10.1. The maximum absolute atomic E-state index is 10.2. The first-order valence-electron chi connectivity index (χ1n) is 5.19. The van der Waals surface area contributed by atoms with Gasteiger partial charge in [0.25, 0.3) is 0 Å². The van der Waals surface area contributed by atoms with Crippen LogP contribution in [-0.2, 0) is 11.2 Å². The highest BCUT2D eigenvalue weighted by atomic mass is 16.1. The van der Waals surface area contributed by atoms with Crippen LogP contribution in [0.1, 0.15) is 12.0 Å². The molecule has 1 aromatic heterocycles. The Kier molecular flexibility index (Phi) is 3.38. The number of hydrogen-bond donors (Lipinski definition) is 0. The van der Waals surface area contributed by atoms with E-state index in [9.17, 15) is 4.79 Å². The SMILES string of the molecule is O=CCCc1ccc(-c2cnccn2)cc1. The summed E-state index contributed by atoms with van der Waals surface area (Å²) >= 11 is 0. The van der Waals surface area contributed by atoms with E-state index in [1.807, 2.05) is 24.3 Å². The third kappa shape index (κ3) is 2.51. The zero-order valence-electron chi connectivity index (χ0n) is 8.84.